The predicted octanol–water partition coefficient (Wildman–Crippen LogP) is 2.38. The van der Waals surface area contributed by atoms with Gasteiger partial charge in [0.2, 0.25) is 0 Å². The van der Waals surface area contributed by atoms with Crippen LogP contribution in [-0.4, -0.2) is 42.4 Å². The van der Waals surface area contributed by atoms with Crippen molar-refractivity contribution in [3.63, 3.8) is 0 Å². The molecule has 0 radical (unpaired) electrons. The molecule has 29 heavy (non-hydrogen) atoms. The summed E-state index contributed by atoms with van der Waals surface area (Å²) in [5.41, 5.74) is 1.43. The van der Waals surface area contributed by atoms with Gasteiger partial charge in [-0.3, -0.25) is 4.79 Å². The van der Waals surface area contributed by atoms with Crippen molar-refractivity contribution in [1.29, 1.82) is 5.26 Å². The largest absolute Gasteiger partial charge is 0.342 e. The molecular formula is C19H19N7O2S. The van der Waals surface area contributed by atoms with Gasteiger partial charge in [0.1, 0.15) is 6.33 Å². The Morgan fingerprint density at radius 3 is 2.52 bits per heavy atom. The summed E-state index contributed by atoms with van der Waals surface area (Å²) in [5.74, 6) is 0.702. The number of benzene rings is 1. The van der Waals surface area contributed by atoms with Crippen LogP contribution in [0.2, 0.25) is 0 Å². The Bertz CT molecular complexity index is 1180. The van der Waals surface area contributed by atoms with Gasteiger partial charge in [0.15, 0.2) is 11.6 Å². The lowest BCUT2D eigenvalue weighted by Gasteiger charge is -2.14. The second-order valence-corrected chi connectivity index (χ2v) is 9.11. The van der Waals surface area contributed by atoms with Crippen LogP contribution >= 0.6 is 0 Å². The van der Waals surface area contributed by atoms with Crippen LogP contribution in [0.15, 0.2) is 53.3 Å². The van der Waals surface area contributed by atoms with Crippen molar-refractivity contribution in [1.82, 2.24) is 25.1 Å². The number of carbonyl (C=O) groups excluding carboxylic acids is 1. The van der Waals surface area contributed by atoms with E-state index in [0.717, 1.165) is 0 Å². The van der Waals surface area contributed by atoms with E-state index in [4.69, 9.17) is 5.26 Å². The molecule has 2 heterocycles. The minimum atomic E-state index is -2.27. The standard InChI is InChI=1S/C19H19N7O2S/c1-13(24-19(27)15-6-4-14(10-20)5-7-15)18-22-12-23-26(18)17-9-8-16(11-21-17)25-29(2,3)28/h4-9,11-13H,1-3H3,(H,24,27)/t13-/m0/s1. The fraction of sp³-hybridized carbons (Fsp3) is 0.211. The first-order chi connectivity index (χ1) is 13.8. The van der Waals surface area contributed by atoms with E-state index in [1.54, 1.807) is 55.8 Å². The SMILES string of the molecule is C[C@H](NC(=O)c1ccc(C#N)cc1)c1ncnn1-c1ccc(N=S(C)(C)=O)cn1. The molecule has 1 amide bonds. The summed E-state index contributed by atoms with van der Waals surface area (Å²) in [4.78, 5) is 21.0. The van der Waals surface area contributed by atoms with Crippen LogP contribution < -0.4 is 5.32 Å². The molecule has 0 aliphatic heterocycles. The van der Waals surface area contributed by atoms with E-state index in [2.05, 4.69) is 24.7 Å². The van der Waals surface area contributed by atoms with Crippen LogP contribution in [-0.2, 0) is 9.73 Å². The number of hydrogen-bond acceptors (Lipinski definition) is 7. The van der Waals surface area contributed by atoms with Crippen LogP contribution in [0.3, 0.4) is 0 Å². The van der Waals surface area contributed by atoms with Crippen molar-refractivity contribution in [2.45, 2.75) is 13.0 Å². The van der Waals surface area contributed by atoms with Gasteiger partial charge in [-0.05, 0) is 43.3 Å². The number of amides is 1. The molecule has 2 aromatic heterocycles. The molecule has 1 atom stereocenters. The van der Waals surface area contributed by atoms with E-state index < -0.39 is 15.8 Å². The molecule has 1 aromatic carbocycles. The number of aromatic nitrogens is 4. The molecular weight excluding hydrogens is 390 g/mol. The van der Waals surface area contributed by atoms with E-state index in [-0.39, 0.29) is 5.91 Å². The van der Waals surface area contributed by atoms with Crippen molar-refractivity contribution >= 4 is 21.3 Å². The first-order valence-corrected chi connectivity index (χ1v) is 10.9. The van der Waals surface area contributed by atoms with Gasteiger partial charge in [-0.2, -0.15) is 19.4 Å². The van der Waals surface area contributed by atoms with Crippen LogP contribution in [0, 0.1) is 11.3 Å². The highest BCUT2D eigenvalue weighted by Crippen LogP contribution is 2.17. The Labute approximate surface area is 168 Å². The highest BCUT2D eigenvalue weighted by molar-refractivity contribution is 7.92. The van der Waals surface area contributed by atoms with Crippen molar-refractivity contribution in [2.75, 3.05) is 12.5 Å². The lowest BCUT2D eigenvalue weighted by molar-refractivity contribution is 0.0938. The monoisotopic (exact) mass is 409 g/mol. The van der Waals surface area contributed by atoms with Crippen molar-refractivity contribution in [3.05, 3.63) is 65.9 Å². The summed E-state index contributed by atoms with van der Waals surface area (Å²) in [7, 11) is -2.27. The minimum Gasteiger partial charge on any atom is -0.342 e. The second kappa shape index (κ2) is 8.20. The fourth-order valence-electron chi connectivity index (χ4n) is 2.57. The van der Waals surface area contributed by atoms with E-state index in [9.17, 15) is 9.00 Å². The molecule has 0 spiro atoms. The number of pyridine rings is 1. The molecule has 0 saturated heterocycles. The molecule has 0 unspecified atom stereocenters. The maximum atomic E-state index is 12.5. The van der Waals surface area contributed by atoms with Crippen LogP contribution in [0.1, 0.15) is 34.7 Å². The van der Waals surface area contributed by atoms with Gasteiger partial charge in [-0.25, -0.2) is 14.2 Å². The molecule has 3 aromatic rings. The summed E-state index contributed by atoms with van der Waals surface area (Å²) in [6.07, 6.45) is 5.99. The van der Waals surface area contributed by atoms with Gasteiger partial charge in [-0.1, -0.05) is 0 Å². The summed E-state index contributed by atoms with van der Waals surface area (Å²) >= 11 is 0. The van der Waals surface area contributed by atoms with Crippen LogP contribution in [0.25, 0.3) is 5.82 Å². The Morgan fingerprint density at radius 1 is 1.21 bits per heavy atom. The molecule has 0 aliphatic carbocycles. The third-order valence-corrected chi connectivity index (χ3v) is 4.51. The molecule has 1 N–H and O–H groups in total. The number of carbonyl (C=O) groups is 1. The Hall–Kier alpha value is -3.58. The maximum Gasteiger partial charge on any atom is 0.251 e. The number of nitriles is 1. The van der Waals surface area contributed by atoms with Gasteiger partial charge in [0, 0.05) is 27.8 Å². The van der Waals surface area contributed by atoms with Gasteiger partial charge in [0.05, 0.1) is 29.6 Å². The molecule has 0 fully saturated rings. The van der Waals surface area contributed by atoms with Gasteiger partial charge < -0.3 is 5.32 Å². The third-order valence-electron chi connectivity index (χ3n) is 3.86. The van der Waals surface area contributed by atoms with E-state index in [1.165, 1.54) is 17.2 Å². The Kier molecular flexibility index (Phi) is 5.70. The number of hydrogen-bond donors (Lipinski definition) is 1. The van der Waals surface area contributed by atoms with Crippen molar-refractivity contribution in [3.8, 4) is 11.9 Å². The molecule has 0 aliphatic rings. The predicted molar refractivity (Wildman–Crippen MR) is 108 cm³/mol. The van der Waals surface area contributed by atoms with Gasteiger partial charge >= 0.3 is 0 Å². The van der Waals surface area contributed by atoms with Crippen LogP contribution in [0.5, 0.6) is 0 Å². The van der Waals surface area contributed by atoms with E-state index in [1.807, 2.05) is 6.07 Å². The highest BCUT2D eigenvalue weighted by atomic mass is 32.2. The van der Waals surface area contributed by atoms with E-state index >= 15 is 0 Å². The lowest BCUT2D eigenvalue weighted by Crippen LogP contribution is -2.28. The first-order valence-electron chi connectivity index (χ1n) is 8.61. The summed E-state index contributed by atoms with van der Waals surface area (Å²) in [6.45, 7) is 1.79. The average molecular weight is 409 g/mol. The highest BCUT2D eigenvalue weighted by Gasteiger charge is 2.18. The third kappa shape index (κ3) is 5.03. The number of nitrogens with zero attached hydrogens (tertiary/aromatic N) is 6. The smallest absolute Gasteiger partial charge is 0.251 e. The summed E-state index contributed by atoms with van der Waals surface area (Å²) in [5, 5.41) is 15.9. The van der Waals surface area contributed by atoms with Crippen molar-refractivity contribution in [2.24, 2.45) is 4.36 Å². The van der Waals surface area contributed by atoms with E-state index in [0.29, 0.717) is 28.5 Å². The molecule has 0 saturated carbocycles. The summed E-state index contributed by atoms with van der Waals surface area (Å²) < 4.78 is 17.4. The second-order valence-electron chi connectivity index (χ2n) is 6.56. The van der Waals surface area contributed by atoms with Crippen molar-refractivity contribution < 1.29 is 9.00 Å². The summed E-state index contributed by atoms with van der Waals surface area (Å²) in [6, 6.07) is 11.3. The van der Waals surface area contributed by atoms with Gasteiger partial charge in [0.25, 0.3) is 5.91 Å². The zero-order chi connectivity index (χ0) is 21.0. The minimum absolute atomic E-state index is 0.292. The Morgan fingerprint density at radius 2 is 1.93 bits per heavy atom. The number of nitrogens with one attached hydrogen (secondary N) is 1. The average Bonchev–Trinajstić information content (AvgIpc) is 3.17. The lowest BCUT2D eigenvalue weighted by atomic mass is 10.1. The topological polar surface area (TPSA) is 126 Å². The molecule has 10 heteroatoms. The zero-order valence-corrected chi connectivity index (χ0v) is 16.9. The maximum absolute atomic E-state index is 12.5. The molecule has 9 nitrogen and oxygen atoms in total. The number of rotatable bonds is 5. The zero-order valence-electron chi connectivity index (χ0n) is 16.1. The van der Waals surface area contributed by atoms with Crippen LogP contribution in [0.4, 0.5) is 5.69 Å². The molecule has 0 bridgehead atoms. The fourth-order valence-corrected chi connectivity index (χ4v) is 3.19. The first kappa shape index (κ1) is 20.2. The molecule has 148 valence electrons. The quantitative estimate of drug-likeness (QED) is 0.689. The molecule has 3 rings (SSSR count). The normalized spacial score (nSPS) is 12.1. The Balaban J connectivity index is 1.79. The van der Waals surface area contributed by atoms with Gasteiger partial charge in [-0.15, -0.1) is 0 Å².